The van der Waals surface area contributed by atoms with Gasteiger partial charge in [-0.2, -0.15) is 0 Å². The summed E-state index contributed by atoms with van der Waals surface area (Å²) in [7, 11) is 0. The maximum atomic E-state index is 11.4. The molecule has 0 radical (unpaired) electrons. The molecular weight excluding hydrogens is 270 g/mol. The first-order chi connectivity index (χ1) is 9.43. The van der Waals surface area contributed by atoms with E-state index in [-0.39, 0.29) is 12.2 Å². The molecule has 0 aromatic heterocycles. The number of nitrogens with zero attached hydrogens (tertiary/aromatic N) is 1. The number of benzene rings is 1. The van der Waals surface area contributed by atoms with E-state index < -0.39 is 29.6 Å². The second-order valence-electron chi connectivity index (χ2n) is 3.82. The zero-order chi connectivity index (χ0) is 15.1. The fraction of sp³-hybridized carbons (Fsp3) is 0.273. The van der Waals surface area contributed by atoms with E-state index in [2.05, 4.69) is 10.6 Å². The quantitative estimate of drug-likeness (QED) is 0.422. The number of hydrogen-bond acceptors (Lipinski definition) is 5. The van der Waals surface area contributed by atoms with Crippen molar-refractivity contribution in [1.82, 2.24) is 10.6 Å². The van der Waals surface area contributed by atoms with Gasteiger partial charge in [-0.05, 0) is 5.56 Å². The molecule has 1 aromatic carbocycles. The summed E-state index contributed by atoms with van der Waals surface area (Å²) < 4.78 is 0. The largest absolute Gasteiger partial charge is 0.480 e. The molecule has 1 atom stereocenters. The van der Waals surface area contributed by atoms with Crippen molar-refractivity contribution in [3.63, 3.8) is 0 Å². The SMILES string of the molecule is O=C(NCc1ccc([N+](=O)[O-])cc1)NC(CO)C(=O)O. The molecule has 20 heavy (non-hydrogen) atoms. The van der Waals surface area contributed by atoms with Crippen molar-refractivity contribution in [3.05, 3.63) is 39.9 Å². The lowest BCUT2D eigenvalue weighted by molar-refractivity contribution is -0.384. The number of amides is 2. The number of nitrogens with one attached hydrogen (secondary N) is 2. The Morgan fingerprint density at radius 3 is 2.35 bits per heavy atom. The molecule has 9 nitrogen and oxygen atoms in total. The average molecular weight is 283 g/mol. The van der Waals surface area contributed by atoms with E-state index >= 15 is 0 Å². The molecule has 0 saturated carbocycles. The number of aliphatic hydroxyl groups excluding tert-OH is 1. The monoisotopic (exact) mass is 283 g/mol. The number of nitro benzene ring substituents is 1. The van der Waals surface area contributed by atoms with Gasteiger partial charge in [-0.3, -0.25) is 10.1 Å². The summed E-state index contributed by atoms with van der Waals surface area (Å²) in [4.78, 5) is 31.8. The number of carboxylic acids is 1. The van der Waals surface area contributed by atoms with Crippen LogP contribution in [0.2, 0.25) is 0 Å². The lowest BCUT2D eigenvalue weighted by Crippen LogP contribution is -2.47. The van der Waals surface area contributed by atoms with E-state index in [1.54, 1.807) is 0 Å². The van der Waals surface area contributed by atoms with Crippen LogP contribution < -0.4 is 10.6 Å². The molecule has 1 unspecified atom stereocenters. The summed E-state index contributed by atoms with van der Waals surface area (Å²) >= 11 is 0. The van der Waals surface area contributed by atoms with Crippen LogP contribution in [0.15, 0.2) is 24.3 Å². The molecule has 0 fully saturated rings. The second-order valence-corrected chi connectivity index (χ2v) is 3.82. The highest BCUT2D eigenvalue weighted by Crippen LogP contribution is 2.11. The van der Waals surface area contributed by atoms with E-state index in [1.807, 2.05) is 0 Å². The van der Waals surface area contributed by atoms with Crippen molar-refractivity contribution in [2.45, 2.75) is 12.6 Å². The Hall–Kier alpha value is -2.68. The number of urea groups is 1. The van der Waals surface area contributed by atoms with Crippen molar-refractivity contribution in [2.75, 3.05) is 6.61 Å². The van der Waals surface area contributed by atoms with Crippen molar-refractivity contribution in [3.8, 4) is 0 Å². The Bertz CT molecular complexity index is 501. The highest BCUT2D eigenvalue weighted by Gasteiger charge is 2.18. The number of carboxylic acid groups (broad SMARTS) is 1. The number of aliphatic hydroxyl groups is 1. The Labute approximate surface area is 113 Å². The van der Waals surface area contributed by atoms with Gasteiger partial charge in [0.1, 0.15) is 0 Å². The lowest BCUT2D eigenvalue weighted by Gasteiger charge is -2.12. The average Bonchev–Trinajstić information content (AvgIpc) is 2.42. The van der Waals surface area contributed by atoms with Crippen LogP contribution in [0.4, 0.5) is 10.5 Å². The molecule has 1 aromatic rings. The van der Waals surface area contributed by atoms with E-state index in [1.165, 1.54) is 24.3 Å². The fourth-order valence-corrected chi connectivity index (χ4v) is 1.31. The minimum atomic E-state index is -1.38. The van der Waals surface area contributed by atoms with Gasteiger partial charge in [-0.1, -0.05) is 12.1 Å². The van der Waals surface area contributed by atoms with Gasteiger partial charge in [-0.15, -0.1) is 0 Å². The van der Waals surface area contributed by atoms with Gasteiger partial charge in [0.2, 0.25) is 0 Å². The maximum Gasteiger partial charge on any atom is 0.328 e. The first-order valence-electron chi connectivity index (χ1n) is 5.55. The molecule has 0 bridgehead atoms. The Balaban J connectivity index is 2.48. The van der Waals surface area contributed by atoms with E-state index in [0.717, 1.165) is 0 Å². The lowest BCUT2D eigenvalue weighted by atomic mass is 10.2. The van der Waals surface area contributed by atoms with E-state index in [0.29, 0.717) is 5.56 Å². The minimum absolute atomic E-state index is 0.0653. The van der Waals surface area contributed by atoms with Crippen LogP contribution in [0.5, 0.6) is 0 Å². The molecule has 108 valence electrons. The summed E-state index contributed by atoms with van der Waals surface area (Å²) in [6.07, 6.45) is 0. The van der Waals surface area contributed by atoms with Crippen LogP contribution in [0.25, 0.3) is 0 Å². The van der Waals surface area contributed by atoms with E-state index in [9.17, 15) is 19.7 Å². The Kier molecular flexibility index (Phi) is 5.42. The Morgan fingerprint density at radius 2 is 1.90 bits per heavy atom. The first kappa shape index (κ1) is 15.4. The third kappa shape index (κ3) is 4.53. The topological polar surface area (TPSA) is 142 Å². The molecule has 0 aliphatic carbocycles. The van der Waals surface area contributed by atoms with Gasteiger partial charge >= 0.3 is 12.0 Å². The molecule has 0 spiro atoms. The summed E-state index contributed by atoms with van der Waals surface area (Å²) in [6.45, 7) is -0.651. The van der Waals surface area contributed by atoms with E-state index in [4.69, 9.17) is 10.2 Å². The van der Waals surface area contributed by atoms with Gasteiger partial charge in [0.05, 0.1) is 11.5 Å². The van der Waals surface area contributed by atoms with Gasteiger partial charge in [0, 0.05) is 18.7 Å². The van der Waals surface area contributed by atoms with Gasteiger partial charge < -0.3 is 20.8 Å². The molecule has 2 amide bonds. The van der Waals surface area contributed by atoms with Crippen molar-refractivity contribution in [2.24, 2.45) is 0 Å². The van der Waals surface area contributed by atoms with Gasteiger partial charge in [-0.25, -0.2) is 9.59 Å². The standard InChI is InChI=1S/C11H13N3O6/c15-6-9(10(16)17)13-11(18)12-5-7-1-3-8(4-2-7)14(19)20/h1-4,9,15H,5-6H2,(H,16,17)(H2,12,13,18). The third-order valence-electron chi connectivity index (χ3n) is 2.39. The normalized spacial score (nSPS) is 11.4. The van der Waals surface area contributed by atoms with Crippen LogP contribution in [-0.4, -0.2) is 39.8 Å². The van der Waals surface area contributed by atoms with Crippen LogP contribution in [-0.2, 0) is 11.3 Å². The summed E-state index contributed by atoms with van der Waals surface area (Å²) in [6, 6.07) is 3.39. The maximum absolute atomic E-state index is 11.4. The molecule has 4 N–H and O–H groups in total. The number of aliphatic carboxylic acids is 1. The third-order valence-corrected chi connectivity index (χ3v) is 2.39. The van der Waals surface area contributed by atoms with Crippen molar-refractivity contribution >= 4 is 17.7 Å². The molecular formula is C11H13N3O6. The number of hydrogen-bond donors (Lipinski definition) is 4. The number of rotatable bonds is 6. The smallest absolute Gasteiger partial charge is 0.328 e. The molecule has 0 heterocycles. The zero-order valence-corrected chi connectivity index (χ0v) is 10.3. The highest BCUT2D eigenvalue weighted by molar-refractivity contribution is 5.82. The zero-order valence-electron chi connectivity index (χ0n) is 10.3. The number of non-ortho nitro benzene ring substituents is 1. The number of carbonyl (C=O) groups is 2. The number of nitro groups is 1. The van der Waals surface area contributed by atoms with Crippen LogP contribution in [0.3, 0.4) is 0 Å². The van der Waals surface area contributed by atoms with Gasteiger partial charge in [0.15, 0.2) is 6.04 Å². The Morgan fingerprint density at radius 1 is 1.30 bits per heavy atom. The predicted octanol–water partition coefficient (Wildman–Crippen LogP) is -0.161. The summed E-state index contributed by atoms with van der Waals surface area (Å²) in [5.74, 6) is -1.35. The highest BCUT2D eigenvalue weighted by atomic mass is 16.6. The molecule has 0 aliphatic rings. The summed E-state index contributed by atoms with van der Waals surface area (Å²) in [5, 5.41) is 32.2. The van der Waals surface area contributed by atoms with Crippen molar-refractivity contribution < 1.29 is 24.7 Å². The van der Waals surface area contributed by atoms with Crippen LogP contribution >= 0.6 is 0 Å². The number of carbonyl (C=O) groups excluding carboxylic acids is 1. The fourth-order valence-electron chi connectivity index (χ4n) is 1.31. The van der Waals surface area contributed by atoms with Crippen LogP contribution in [0.1, 0.15) is 5.56 Å². The van der Waals surface area contributed by atoms with Crippen molar-refractivity contribution in [1.29, 1.82) is 0 Å². The van der Waals surface area contributed by atoms with Crippen LogP contribution in [0, 0.1) is 10.1 Å². The molecule has 0 saturated heterocycles. The predicted molar refractivity (Wildman–Crippen MR) is 67.0 cm³/mol. The molecule has 9 heteroatoms. The first-order valence-corrected chi connectivity index (χ1v) is 5.55. The molecule has 1 rings (SSSR count). The second kappa shape index (κ2) is 7.04. The summed E-state index contributed by atoms with van der Waals surface area (Å²) in [5.41, 5.74) is 0.547. The minimum Gasteiger partial charge on any atom is -0.480 e. The molecule has 0 aliphatic heterocycles. The van der Waals surface area contributed by atoms with Gasteiger partial charge in [0.25, 0.3) is 5.69 Å².